The minimum absolute atomic E-state index is 0.0841. The van der Waals surface area contributed by atoms with Crippen LogP contribution in [0, 0.1) is 5.92 Å². The molecule has 0 aromatic heterocycles. The topological polar surface area (TPSA) is 63.4 Å². The van der Waals surface area contributed by atoms with Crippen LogP contribution in [-0.2, 0) is 9.59 Å². The van der Waals surface area contributed by atoms with Crippen LogP contribution in [0.4, 0.5) is 0 Å². The van der Waals surface area contributed by atoms with Crippen molar-refractivity contribution in [3.8, 4) is 0 Å². The van der Waals surface area contributed by atoms with Crippen molar-refractivity contribution in [1.29, 1.82) is 0 Å². The molecule has 2 N–H and O–H groups in total. The molecule has 1 rings (SSSR count). The standard InChI is InChI=1S/C9H16N2O2/c1-9(2,6-12)11-4-3-7(5-11)8(10)13/h6-7H,3-5H2,1-2H3,(H2,10,13). The van der Waals surface area contributed by atoms with Crippen molar-refractivity contribution in [1.82, 2.24) is 4.90 Å². The third kappa shape index (κ3) is 2.06. The van der Waals surface area contributed by atoms with E-state index >= 15 is 0 Å². The van der Waals surface area contributed by atoms with Crippen LogP contribution in [-0.4, -0.2) is 35.7 Å². The van der Waals surface area contributed by atoms with Crippen molar-refractivity contribution in [2.75, 3.05) is 13.1 Å². The summed E-state index contributed by atoms with van der Waals surface area (Å²) in [6.07, 6.45) is 1.68. The highest BCUT2D eigenvalue weighted by molar-refractivity contribution is 5.77. The largest absolute Gasteiger partial charge is 0.369 e. The van der Waals surface area contributed by atoms with Crippen molar-refractivity contribution >= 4 is 12.2 Å². The molecule has 1 unspecified atom stereocenters. The molecule has 1 fully saturated rings. The summed E-state index contributed by atoms with van der Waals surface area (Å²) in [5.74, 6) is -0.344. The second-order valence-corrected chi connectivity index (χ2v) is 4.11. The Bertz CT molecular complexity index is 226. The molecular formula is C9H16N2O2. The lowest BCUT2D eigenvalue weighted by Gasteiger charge is -2.29. The maximum absolute atomic E-state index is 10.9. The van der Waals surface area contributed by atoms with Gasteiger partial charge in [-0.25, -0.2) is 0 Å². The molecule has 1 saturated heterocycles. The van der Waals surface area contributed by atoms with Crippen LogP contribution >= 0.6 is 0 Å². The number of hydrogen-bond acceptors (Lipinski definition) is 3. The fourth-order valence-corrected chi connectivity index (χ4v) is 1.59. The predicted molar refractivity (Wildman–Crippen MR) is 49.0 cm³/mol. The first-order valence-corrected chi connectivity index (χ1v) is 4.48. The van der Waals surface area contributed by atoms with E-state index in [9.17, 15) is 9.59 Å². The molecule has 0 spiro atoms. The molecule has 0 aromatic rings. The van der Waals surface area contributed by atoms with E-state index in [4.69, 9.17) is 5.73 Å². The normalized spacial score (nSPS) is 24.6. The Kier molecular flexibility index (Phi) is 2.71. The Morgan fingerprint density at radius 2 is 2.23 bits per heavy atom. The van der Waals surface area contributed by atoms with E-state index in [0.717, 1.165) is 19.3 Å². The van der Waals surface area contributed by atoms with Gasteiger partial charge in [0.2, 0.25) is 5.91 Å². The number of hydrogen-bond donors (Lipinski definition) is 1. The van der Waals surface area contributed by atoms with Crippen LogP contribution in [0.2, 0.25) is 0 Å². The van der Waals surface area contributed by atoms with Gasteiger partial charge in [-0.05, 0) is 26.8 Å². The van der Waals surface area contributed by atoms with E-state index in [1.807, 2.05) is 18.7 Å². The number of nitrogens with zero attached hydrogens (tertiary/aromatic N) is 1. The maximum Gasteiger partial charge on any atom is 0.221 e. The lowest BCUT2D eigenvalue weighted by atomic mass is 10.1. The first kappa shape index (κ1) is 10.2. The van der Waals surface area contributed by atoms with Gasteiger partial charge < -0.3 is 10.5 Å². The van der Waals surface area contributed by atoms with Gasteiger partial charge in [0.1, 0.15) is 6.29 Å². The average molecular weight is 184 g/mol. The van der Waals surface area contributed by atoms with Crippen molar-refractivity contribution < 1.29 is 9.59 Å². The molecule has 1 aliphatic heterocycles. The Labute approximate surface area is 78.1 Å². The number of aldehydes is 1. The highest BCUT2D eigenvalue weighted by Gasteiger charge is 2.35. The molecular weight excluding hydrogens is 168 g/mol. The zero-order valence-electron chi connectivity index (χ0n) is 8.12. The molecule has 4 heteroatoms. The lowest BCUT2D eigenvalue weighted by Crippen LogP contribution is -2.44. The van der Waals surface area contributed by atoms with Crippen molar-refractivity contribution in [2.45, 2.75) is 25.8 Å². The summed E-state index contributed by atoms with van der Waals surface area (Å²) in [7, 11) is 0. The number of nitrogens with two attached hydrogens (primary N) is 1. The fraction of sp³-hybridized carbons (Fsp3) is 0.778. The van der Waals surface area contributed by atoms with Gasteiger partial charge in [-0.2, -0.15) is 0 Å². The molecule has 0 saturated carbocycles. The summed E-state index contributed by atoms with van der Waals surface area (Å²) in [4.78, 5) is 23.6. The Morgan fingerprint density at radius 3 is 2.62 bits per heavy atom. The summed E-state index contributed by atoms with van der Waals surface area (Å²) in [5.41, 5.74) is 4.72. The summed E-state index contributed by atoms with van der Waals surface area (Å²) in [5, 5.41) is 0. The van der Waals surface area contributed by atoms with Crippen LogP contribution in [0.5, 0.6) is 0 Å². The Morgan fingerprint density at radius 1 is 1.62 bits per heavy atom. The third-order valence-corrected chi connectivity index (χ3v) is 2.69. The minimum atomic E-state index is -0.468. The number of likely N-dealkylation sites (tertiary alicyclic amines) is 1. The summed E-state index contributed by atoms with van der Waals surface area (Å²) < 4.78 is 0. The van der Waals surface area contributed by atoms with Gasteiger partial charge in [-0.15, -0.1) is 0 Å². The van der Waals surface area contributed by atoms with Crippen molar-refractivity contribution in [3.63, 3.8) is 0 Å². The highest BCUT2D eigenvalue weighted by atomic mass is 16.1. The van der Waals surface area contributed by atoms with E-state index in [0.29, 0.717) is 6.54 Å². The molecule has 1 aliphatic rings. The lowest BCUT2D eigenvalue weighted by molar-refractivity contribution is -0.122. The Balaban J connectivity index is 2.59. The molecule has 4 nitrogen and oxygen atoms in total. The van der Waals surface area contributed by atoms with Crippen molar-refractivity contribution in [3.05, 3.63) is 0 Å². The molecule has 1 atom stereocenters. The minimum Gasteiger partial charge on any atom is -0.369 e. The monoisotopic (exact) mass is 184 g/mol. The van der Waals surface area contributed by atoms with Crippen LogP contribution in [0.1, 0.15) is 20.3 Å². The first-order valence-electron chi connectivity index (χ1n) is 4.48. The average Bonchev–Trinajstić information content (AvgIpc) is 2.52. The molecule has 1 amide bonds. The van der Waals surface area contributed by atoms with E-state index in [2.05, 4.69) is 0 Å². The number of primary amides is 1. The summed E-state index contributed by atoms with van der Waals surface area (Å²) in [6, 6.07) is 0. The van der Waals surface area contributed by atoms with Crippen LogP contribution in [0.25, 0.3) is 0 Å². The molecule has 0 aromatic carbocycles. The van der Waals surface area contributed by atoms with E-state index < -0.39 is 5.54 Å². The van der Waals surface area contributed by atoms with Crippen LogP contribution < -0.4 is 5.73 Å². The second-order valence-electron chi connectivity index (χ2n) is 4.11. The molecule has 1 heterocycles. The SMILES string of the molecule is CC(C)(C=O)N1CCC(C(N)=O)C1. The van der Waals surface area contributed by atoms with E-state index in [-0.39, 0.29) is 11.8 Å². The highest BCUT2D eigenvalue weighted by Crippen LogP contribution is 2.22. The number of carbonyl (C=O) groups excluding carboxylic acids is 2. The van der Waals surface area contributed by atoms with Crippen molar-refractivity contribution in [2.24, 2.45) is 11.7 Å². The van der Waals surface area contributed by atoms with E-state index in [1.54, 1.807) is 0 Å². The zero-order chi connectivity index (χ0) is 10.1. The molecule has 13 heavy (non-hydrogen) atoms. The summed E-state index contributed by atoms with van der Waals surface area (Å²) in [6.45, 7) is 5.09. The molecule has 0 aliphatic carbocycles. The van der Waals surface area contributed by atoms with Crippen LogP contribution in [0.3, 0.4) is 0 Å². The fourth-order valence-electron chi connectivity index (χ4n) is 1.59. The zero-order valence-corrected chi connectivity index (χ0v) is 8.12. The molecule has 0 radical (unpaired) electrons. The van der Waals surface area contributed by atoms with Gasteiger partial charge in [0, 0.05) is 6.54 Å². The van der Waals surface area contributed by atoms with Gasteiger partial charge in [-0.1, -0.05) is 0 Å². The molecule has 0 bridgehead atoms. The molecule has 74 valence electrons. The number of rotatable bonds is 3. The van der Waals surface area contributed by atoms with Crippen LogP contribution in [0.15, 0.2) is 0 Å². The summed E-state index contributed by atoms with van der Waals surface area (Å²) >= 11 is 0. The number of carbonyl (C=O) groups is 2. The first-order chi connectivity index (χ1) is 5.97. The van der Waals surface area contributed by atoms with Gasteiger partial charge >= 0.3 is 0 Å². The number of amides is 1. The van der Waals surface area contributed by atoms with E-state index in [1.165, 1.54) is 0 Å². The quantitative estimate of drug-likeness (QED) is 0.616. The van der Waals surface area contributed by atoms with Gasteiger partial charge in [0.25, 0.3) is 0 Å². The van der Waals surface area contributed by atoms with Gasteiger partial charge in [0.05, 0.1) is 11.5 Å². The predicted octanol–water partition coefficient (Wildman–Crippen LogP) is -0.229. The van der Waals surface area contributed by atoms with Gasteiger partial charge in [0.15, 0.2) is 0 Å². The third-order valence-electron chi connectivity index (χ3n) is 2.69. The van der Waals surface area contributed by atoms with Gasteiger partial charge in [-0.3, -0.25) is 9.69 Å². The maximum atomic E-state index is 10.9. The smallest absolute Gasteiger partial charge is 0.221 e. The second kappa shape index (κ2) is 3.46. The Hall–Kier alpha value is -0.900.